The van der Waals surface area contributed by atoms with Gasteiger partial charge in [0.1, 0.15) is 0 Å². The zero-order chi connectivity index (χ0) is 13.8. The minimum atomic E-state index is 0.319. The van der Waals surface area contributed by atoms with Gasteiger partial charge in [0.05, 0.1) is 18.1 Å². The van der Waals surface area contributed by atoms with E-state index < -0.39 is 0 Å². The summed E-state index contributed by atoms with van der Waals surface area (Å²) in [6.07, 6.45) is 4.81. The van der Waals surface area contributed by atoms with Crippen LogP contribution in [0.15, 0.2) is 30.7 Å². The average Bonchev–Trinajstić information content (AvgIpc) is 2.79. The van der Waals surface area contributed by atoms with Gasteiger partial charge < -0.3 is 9.88 Å². The van der Waals surface area contributed by atoms with Gasteiger partial charge in [-0.15, -0.1) is 0 Å². The van der Waals surface area contributed by atoms with Crippen molar-refractivity contribution >= 4 is 0 Å². The van der Waals surface area contributed by atoms with Crippen molar-refractivity contribution in [2.75, 3.05) is 6.54 Å². The van der Waals surface area contributed by atoms with Gasteiger partial charge in [0.25, 0.3) is 0 Å². The SMILES string of the molecule is CCNC(Cc1ccc(C)c(C)c1)c1cncn1C. The standard InChI is InChI=1S/C16H23N3/c1-5-18-15(16-10-17-11-19(16)4)9-14-7-6-12(2)13(3)8-14/h6-8,10-11,15,18H,5,9H2,1-4H3. The molecule has 0 aliphatic rings. The van der Waals surface area contributed by atoms with Crippen molar-refractivity contribution in [3.05, 3.63) is 53.1 Å². The van der Waals surface area contributed by atoms with Gasteiger partial charge in [0, 0.05) is 13.2 Å². The fraction of sp³-hybridized carbons (Fsp3) is 0.438. The number of aryl methyl sites for hydroxylation is 3. The second-order valence-corrected chi connectivity index (χ2v) is 5.16. The summed E-state index contributed by atoms with van der Waals surface area (Å²) >= 11 is 0. The lowest BCUT2D eigenvalue weighted by molar-refractivity contribution is 0.520. The first kappa shape index (κ1) is 13.8. The zero-order valence-electron chi connectivity index (χ0n) is 12.3. The van der Waals surface area contributed by atoms with Crippen molar-refractivity contribution in [3.63, 3.8) is 0 Å². The lowest BCUT2D eigenvalue weighted by Crippen LogP contribution is -2.24. The highest BCUT2D eigenvalue weighted by molar-refractivity contribution is 5.31. The average molecular weight is 257 g/mol. The Labute approximate surface area is 115 Å². The Morgan fingerprint density at radius 3 is 2.63 bits per heavy atom. The van der Waals surface area contributed by atoms with E-state index in [4.69, 9.17) is 0 Å². The van der Waals surface area contributed by atoms with E-state index >= 15 is 0 Å². The highest BCUT2D eigenvalue weighted by atomic mass is 15.1. The maximum atomic E-state index is 4.22. The van der Waals surface area contributed by atoms with Crippen LogP contribution in [-0.4, -0.2) is 16.1 Å². The Bertz CT molecular complexity index is 543. The molecule has 2 aromatic rings. The fourth-order valence-corrected chi connectivity index (χ4v) is 2.40. The summed E-state index contributed by atoms with van der Waals surface area (Å²) in [6, 6.07) is 7.04. The Kier molecular flexibility index (Phi) is 4.38. The third-order valence-electron chi connectivity index (χ3n) is 3.67. The van der Waals surface area contributed by atoms with Crippen LogP contribution in [0.25, 0.3) is 0 Å². The molecule has 1 aromatic heterocycles. The van der Waals surface area contributed by atoms with Gasteiger partial charge in [-0.2, -0.15) is 0 Å². The molecule has 0 radical (unpaired) electrons. The Balaban J connectivity index is 2.21. The number of rotatable bonds is 5. The maximum Gasteiger partial charge on any atom is 0.0946 e. The van der Waals surface area contributed by atoms with E-state index in [-0.39, 0.29) is 0 Å². The van der Waals surface area contributed by atoms with Crippen LogP contribution < -0.4 is 5.32 Å². The van der Waals surface area contributed by atoms with Gasteiger partial charge in [0.15, 0.2) is 0 Å². The van der Waals surface area contributed by atoms with Gasteiger partial charge in [-0.25, -0.2) is 4.98 Å². The molecule has 1 unspecified atom stereocenters. The monoisotopic (exact) mass is 257 g/mol. The van der Waals surface area contributed by atoms with E-state index in [1.165, 1.54) is 22.4 Å². The summed E-state index contributed by atoms with van der Waals surface area (Å²) in [5.74, 6) is 0. The molecule has 0 fully saturated rings. The molecule has 0 saturated carbocycles. The molecular formula is C16H23N3. The van der Waals surface area contributed by atoms with E-state index in [1.54, 1.807) is 0 Å². The van der Waals surface area contributed by atoms with Crippen molar-refractivity contribution in [1.82, 2.24) is 14.9 Å². The number of aromatic nitrogens is 2. The topological polar surface area (TPSA) is 29.9 Å². The number of imidazole rings is 1. The molecule has 102 valence electrons. The predicted molar refractivity (Wildman–Crippen MR) is 79.2 cm³/mol. The molecule has 1 atom stereocenters. The third-order valence-corrected chi connectivity index (χ3v) is 3.67. The highest BCUT2D eigenvalue weighted by Crippen LogP contribution is 2.19. The minimum Gasteiger partial charge on any atom is -0.336 e. The second kappa shape index (κ2) is 6.02. The van der Waals surface area contributed by atoms with E-state index in [2.05, 4.69) is 53.8 Å². The first-order valence-corrected chi connectivity index (χ1v) is 6.87. The smallest absolute Gasteiger partial charge is 0.0946 e. The van der Waals surface area contributed by atoms with Gasteiger partial charge in [0.2, 0.25) is 0 Å². The number of hydrogen-bond donors (Lipinski definition) is 1. The highest BCUT2D eigenvalue weighted by Gasteiger charge is 2.14. The molecule has 0 aliphatic heterocycles. The minimum absolute atomic E-state index is 0.319. The van der Waals surface area contributed by atoms with Gasteiger partial charge >= 0.3 is 0 Å². The lowest BCUT2D eigenvalue weighted by atomic mass is 9.99. The van der Waals surface area contributed by atoms with Crippen molar-refractivity contribution in [1.29, 1.82) is 0 Å². The van der Waals surface area contributed by atoms with Crippen LogP contribution in [0.1, 0.15) is 35.3 Å². The van der Waals surface area contributed by atoms with Gasteiger partial charge in [-0.05, 0) is 43.5 Å². The van der Waals surface area contributed by atoms with Crippen LogP contribution in [0.3, 0.4) is 0 Å². The molecular weight excluding hydrogens is 234 g/mol. The van der Waals surface area contributed by atoms with E-state index in [9.17, 15) is 0 Å². The van der Waals surface area contributed by atoms with Crippen LogP contribution in [0.2, 0.25) is 0 Å². The number of hydrogen-bond acceptors (Lipinski definition) is 2. The molecule has 0 saturated heterocycles. The van der Waals surface area contributed by atoms with Crippen LogP contribution in [0, 0.1) is 13.8 Å². The molecule has 1 aromatic carbocycles. The summed E-state index contributed by atoms with van der Waals surface area (Å²) in [4.78, 5) is 4.22. The van der Waals surface area contributed by atoms with Crippen molar-refractivity contribution in [2.24, 2.45) is 7.05 Å². The Morgan fingerprint density at radius 2 is 2.05 bits per heavy atom. The number of benzene rings is 1. The van der Waals surface area contributed by atoms with Crippen molar-refractivity contribution < 1.29 is 0 Å². The van der Waals surface area contributed by atoms with Crippen LogP contribution >= 0.6 is 0 Å². The second-order valence-electron chi connectivity index (χ2n) is 5.16. The molecule has 3 nitrogen and oxygen atoms in total. The molecule has 2 rings (SSSR count). The number of nitrogens with zero attached hydrogens (tertiary/aromatic N) is 2. The molecule has 19 heavy (non-hydrogen) atoms. The molecule has 0 amide bonds. The quantitative estimate of drug-likeness (QED) is 0.892. The van der Waals surface area contributed by atoms with E-state index in [1.807, 2.05) is 19.6 Å². The third kappa shape index (κ3) is 3.24. The maximum absolute atomic E-state index is 4.22. The van der Waals surface area contributed by atoms with Crippen LogP contribution in [-0.2, 0) is 13.5 Å². The summed E-state index contributed by atoms with van der Waals surface area (Å²) in [5.41, 5.74) is 5.32. The fourth-order valence-electron chi connectivity index (χ4n) is 2.40. The summed E-state index contributed by atoms with van der Waals surface area (Å²) in [7, 11) is 2.05. The summed E-state index contributed by atoms with van der Waals surface area (Å²) in [5, 5.41) is 3.55. The summed E-state index contributed by atoms with van der Waals surface area (Å²) in [6.45, 7) is 7.43. The van der Waals surface area contributed by atoms with Gasteiger partial charge in [-0.3, -0.25) is 0 Å². The predicted octanol–water partition coefficient (Wildman–Crippen LogP) is 2.93. The molecule has 1 heterocycles. The van der Waals surface area contributed by atoms with Crippen LogP contribution in [0.5, 0.6) is 0 Å². The number of nitrogens with one attached hydrogen (secondary N) is 1. The first-order chi connectivity index (χ1) is 9.11. The van der Waals surface area contributed by atoms with Gasteiger partial charge in [-0.1, -0.05) is 25.1 Å². The van der Waals surface area contributed by atoms with Crippen LogP contribution in [0.4, 0.5) is 0 Å². The molecule has 0 aliphatic carbocycles. The molecule has 0 spiro atoms. The van der Waals surface area contributed by atoms with E-state index in [0.717, 1.165) is 13.0 Å². The first-order valence-electron chi connectivity index (χ1n) is 6.87. The molecule has 3 heteroatoms. The zero-order valence-corrected chi connectivity index (χ0v) is 12.3. The number of likely N-dealkylation sites (N-methyl/N-ethyl adjacent to an activating group) is 1. The Morgan fingerprint density at radius 1 is 1.26 bits per heavy atom. The van der Waals surface area contributed by atoms with Crippen molar-refractivity contribution in [3.8, 4) is 0 Å². The summed E-state index contributed by atoms with van der Waals surface area (Å²) < 4.78 is 2.09. The van der Waals surface area contributed by atoms with E-state index in [0.29, 0.717) is 6.04 Å². The normalized spacial score (nSPS) is 12.6. The Hall–Kier alpha value is -1.61. The molecule has 1 N–H and O–H groups in total. The lowest BCUT2D eigenvalue weighted by Gasteiger charge is -2.19. The largest absolute Gasteiger partial charge is 0.336 e. The van der Waals surface area contributed by atoms with Crippen molar-refractivity contribution in [2.45, 2.75) is 33.2 Å². The molecule has 0 bridgehead atoms.